The molecule has 1 aromatic heterocycles. The van der Waals surface area contributed by atoms with Crippen molar-refractivity contribution in [3.63, 3.8) is 0 Å². The molecule has 0 bridgehead atoms. The van der Waals surface area contributed by atoms with Crippen molar-refractivity contribution in [3.8, 4) is 0 Å². The van der Waals surface area contributed by atoms with Crippen molar-refractivity contribution >= 4 is 29.1 Å². The number of hydrogen-bond donors (Lipinski definition) is 2. The number of aromatic amines is 1. The first-order valence-corrected chi connectivity index (χ1v) is 7.47. The summed E-state index contributed by atoms with van der Waals surface area (Å²) in [6, 6.07) is 1.55. The van der Waals surface area contributed by atoms with Crippen molar-refractivity contribution < 1.29 is 4.79 Å². The molecule has 0 atom stereocenters. The SMILES string of the molecule is O=C(NCCCN1CCCCC1)c1cc(Cl)c(Cl)[nH]1. The van der Waals surface area contributed by atoms with E-state index in [1.807, 2.05) is 0 Å². The summed E-state index contributed by atoms with van der Waals surface area (Å²) < 4.78 is 0. The van der Waals surface area contributed by atoms with Gasteiger partial charge in [0.05, 0.1) is 5.02 Å². The number of amides is 1. The molecule has 19 heavy (non-hydrogen) atoms. The molecule has 1 aliphatic rings. The molecule has 2 N–H and O–H groups in total. The third-order valence-corrected chi connectivity index (χ3v) is 4.05. The van der Waals surface area contributed by atoms with Crippen LogP contribution in [0.2, 0.25) is 10.2 Å². The highest BCUT2D eigenvalue weighted by atomic mass is 35.5. The Bertz CT molecular complexity index is 408. The van der Waals surface area contributed by atoms with Crippen LogP contribution in [-0.2, 0) is 0 Å². The van der Waals surface area contributed by atoms with Gasteiger partial charge in [0.2, 0.25) is 0 Å². The third-order valence-electron chi connectivity index (χ3n) is 3.36. The van der Waals surface area contributed by atoms with Gasteiger partial charge in [0.25, 0.3) is 5.91 Å². The van der Waals surface area contributed by atoms with Crippen LogP contribution in [0.25, 0.3) is 0 Å². The molecule has 1 aromatic rings. The van der Waals surface area contributed by atoms with Gasteiger partial charge in [-0.2, -0.15) is 0 Å². The van der Waals surface area contributed by atoms with Gasteiger partial charge >= 0.3 is 0 Å². The average Bonchev–Trinajstić information content (AvgIpc) is 2.76. The molecule has 2 rings (SSSR count). The lowest BCUT2D eigenvalue weighted by molar-refractivity contribution is 0.0946. The van der Waals surface area contributed by atoms with Gasteiger partial charge in [0.15, 0.2) is 0 Å². The molecular weight excluding hydrogens is 285 g/mol. The van der Waals surface area contributed by atoms with Gasteiger partial charge in [-0.25, -0.2) is 0 Å². The number of likely N-dealkylation sites (tertiary alicyclic amines) is 1. The zero-order chi connectivity index (χ0) is 13.7. The second kappa shape index (κ2) is 7.17. The smallest absolute Gasteiger partial charge is 0.267 e. The zero-order valence-corrected chi connectivity index (χ0v) is 12.4. The van der Waals surface area contributed by atoms with E-state index in [0.29, 0.717) is 22.4 Å². The summed E-state index contributed by atoms with van der Waals surface area (Å²) in [6.45, 7) is 4.10. The van der Waals surface area contributed by atoms with Crippen LogP contribution in [-0.4, -0.2) is 42.0 Å². The number of carbonyl (C=O) groups excluding carboxylic acids is 1. The molecule has 1 aliphatic heterocycles. The predicted molar refractivity (Wildman–Crippen MR) is 78.1 cm³/mol. The van der Waals surface area contributed by atoms with E-state index in [1.54, 1.807) is 6.07 Å². The van der Waals surface area contributed by atoms with Crippen LogP contribution >= 0.6 is 23.2 Å². The van der Waals surface area contributed by atoms with Crippen LogP contribution in [0.4, 0.5) is 0 Å². The first kappa shape index (κ1) is 14.7. The van der Waals surface area contributed by atoms with Crippen molar-refractivity contribution in [1.82, 2.24) is 15.2 Å². The first-order chi connectivity index (χ1) is 9.16. The Morgan fingerprint density at radius 2 is 2.05 bits per heavy atom. The fourth-order valence-corrected chi connectivity index (χ4v) is 2.62. The van der Waals surface area contributed by atoms with E-state index in [9.17, 15) is 4.79 Å². The van der Waals surface area contributed by atoms with E-state index < -0.39 is 0 Å². The van der Waals surface area contributed by atoms with Crippen LogP contribution in [0.1, 0.15) is 36.2 Å². The number of H-pyrrole nitrogens is 1. The molecule has 1 saturated heterocycles. The summed E-state index contributed by atoms with van der Waals surface area (Å²) in [7, 11) is 0. The Balaban J connectivity index is 1.66. The van der Waals surface area contributed by atoms with Gasteiger partial charge in [0.1, 0.15) is 10.8 Å². The number of aromatic nitrogens is 1. The third kappa shape index (κ3) is 4.41. The molecule has 2 heterocycles. The minimum atomic E-state index is -0.160. The Morgan fingerprint density at radius 1 is 1.32 bits per heavy atom. The quantitative estimate of drug-likeness (QED) is 0.822. The van der Waals surface area contributed by atoms with Crippen molar-refractivity contribution in [2.75, 3.05) is 26.2 Å². The zero-order valence-electron chi connectivity index (χ0n) is 10.8. The maximum absolute atomic E-state index is 11.8. The van der Waals surface area contributed by atoms with Crippen molar-refractivity contribution in [2.45, 2.75) is 25.7 Å². The molecule has 1 amide bonds. The summed E-state index contributed by atoms with van der Waals surface area (Å²) in [5, 5.41) is 3.55. The molecule has 1 fully saturated rings. The molecule has 0 unspecified atom stereocenters. The van der Waals surface area contributed by atoms with Crippen LogP contribution < -0.4 is 5.32 Å². The lowest BCUT2D eigenvalue weighted by Crippen LogP contribution is -2.33. The number of piperidine rings is 1. The molecule has 0 spiro atoms. The fraction of sp³-hybridized carbons (Fsp3) is 0.615. The van der Waals surface area contributed by atoms with E-state index in [2.05, 4.69) is 15.2 Å². The van der Waals surface area contributed by atoms with Gasteiger partial charge in [-0.1, -0.05) is 29.6 Å². The van der Waals surface area contributed by atoms with Gasteiger partial charge in [-0.05, 0) is 45.0 Å². The van der Waals surface area contributed by atoms with Gasteiger partial charge in [-0.3, -0.25) is 4.79 Å². The van der Waals surface area contributed by atoms with E-state index in [-0.39, 0.29) is 5.91 Å². The Hall–Kier alpha value is -0.710. The summed E-state index contributed by atoms with van der Waals surface area (Å²) in [5.74, 6) is -0.160. The Kier molecular flexibility index (Phi) is 5.55. The monoisotopic (exact) mass is 303 g/mol. The summed E-state index contributed by atoms with van der Waals surface area (Å²) >= 11 is 11.5. The maximum Gasteiger partial charge on any atom is 0.267 e. The fourth-order valence-electron chi connectivity index (χ4n) is 2.31. The number of nitrogens with zero attached hydrogens (tertiary/aromatic N) is 1. The van der Waals surface area contributed by atoms with E-state index in [1.165, 1.54) is 32.4 Å². The highest BCUT2D eigenvalue weighted by molar-refractivity contribution is 6.41. The highest BCUT2D eigenvalue weighted by Gasteiger charge is 2.12. The molecule has 0 aliphatic carbocycles. The summed E-state index contributed by atoms with van der Waals surface area (Å²) in [6.07, 6.45) is 4.91. The lowest BCUT2D eigenvalue weighted by Gasteiger charge is -2.26. The number of carbonyl (C=O) groups is 1. The topological polar surface area (TPSA) is 48.1 Å². The standard InChI is InChI=1S/C13H19Cl2N3O/c14-10-9-11(17-12(10)15)13(19)16-5-4-8-18-6-2-1-3-7-18/h9,17H,1-8H2,(H,16,19). The first-order valence-electron chi connectivity index (χ1n) is 6.71. The number of halogens is 2. The molecule has 106 valence electrons. The molecule has 6 heteroatoms. The van der Waals surface area contributed by atoms with Crippen LogP contribution in [0.3, 0.4) is 0 Å². The van der Waals surface area contributed by atoms with Crippen LogP contribution in [0.5, 0.6) is 0 Å². The average molecular weight is 304 g/mol. The van der Waals surface area contributed by atoms with Crippen LogP contribution in [0.15, 0.2) is 6.07 Å². The number of nitrogens with one attached hydrogen (secondary N) is 2. The summed E-state index contributed by atoms with van der Waals surface area (Å²) in [5.41, 5.74) is 0.410. The minimum absolute atomic E-state index is 0.160. The van der Waals surface area contributed by atoms with Crippen LogP contribution in [0, 0.1) is 0 Å². The predicted octanol–water partition coefficient (Wildman–Crippen LogP) is 2.93. The van der Waals surface area contributed by atoms with E-state index in [4.69, 9.17) is 23.2 Å². The normalized spacial score (nSPS) is 16.5. The molecule has 0 saturated carbocycles. The second-order valence-electron chi connectivity index (χ2n) is 4.86. The van der Waals surface area contributed by atoms with Gasteiger partial charge in [0, 0.05) is 6.54 Å². The number of rotatable bonds is 5. The maximum atomic E-state index is 11.8. The molecule has 0 radical (unpaired) electrons. The Labute approximate surface area is 123 Å². The molecule has 0 aromatic carbocycles. The van der Waals surface area contributed by atoms with E-state index >= 15 is 0 Å². The largest absolute Gasteiger partial charge is 0.351 e. The summed E-state index contributed by atoms with van der Waals surface area (Å²) in [4.78, 5) is 17.0. The second-order valence-corrected chi connectivity index (χ2v) is 5.64. The highest BCUT2D eigenvalue weighted by Crippen LogP contribution is 2.21. The van der Waals surface area contributed by atoms with Crippen molar-refractivity contribution in [2.24, 2.45) is 0 Å². The van der Waals surface area contributed by atoms with Crippen molar-refractivity contribution in [1.29, 1.82) is 0 Å². The van der Waals surface area contributed by atoms with Gasteiger partial charge < -0.3 is 15.2 Å². The minimum Gasteiger partial charge on any atom is -0.351 e. The van der Waals surface area contributed by atoms with Crippen molar-refractivity contribution in [3.05, 3.63) is 21.9 Å². The van der Waals surface area contributed by atoms with Gasteiger partial charge in [-0.15, -0.1) is 0 Å². The molecular formula is C13H19Cl2N3O. The number of hydrogen-bond acceptors (Lipinski definition) is 2. The lowest BCUT2D eigenvalue weighted by atomic mass is 10.1. The van der Waals surface area contributed by atoms with E-state index in [0.717, 1.165) is 13.0 Å². The molecule has 4 nitrogen and oxygen atoms in total. The Morgan fingerprint density at radius 3 is 2.68 bits per heavy atom.